The predicted octanol–water partition coefficient (Wildman–Crippen LogP) is 3.87. The summed E-state index contributed by atoms with van der Waals surface area (Å²) in [4.78, 5) is 2.57. The molecule has 1 aliphatic carbocycles. The number of benzene rings is 1. The molecule has 2 nitrogen and oxygen atoms in total. The van der Waals surface area contributed by atoms with Crippen LogP contribution in [0.3, 0.4) is 0 Å². The van der Waals surface area contributed by atoms with Crippen LogP contribution in [0.15, 0.2) is 22.7 Å². The average Bonchev–Trinajstić information content (AvgIpc) is 2.43. The highest BCUT2D eigenvalue weighted by atomic mass is 79.9. The first-order chi connectivity index (χ1) is 9.19. The van der Waals surface area contributed by atoms with Gasteiger partial charge in [0.2, 0.25) is 0 Å². The monoisotopic (exact) mass is 322 g/mol. The van der Waals surface area contributed by atoms with E-state index >= 15 is 0 Å². The van der Waals surface area contributed by atoms with Gasteiger partial charge in [-0.25, -0.2) is 0 Å². The summed E-state index contributed by atoms with van der Waals surface area (Å²) >= 11 is 3.59. The molecule has 1 spiro atoms. The van der Waals surface area contributed by atoms with Crippen LogP contribution in [-0.4, -0.2) is 25.2 Å². The summed E-state index contributed by atoms with van der Waals surface area (Å²) in [6, 6.07) is 6.74. The Kier molecular flexibility index (Phi) is 3.86. The van der Waals surface area contributed by atoms with E-state index in [1.165, 1.54) is 54.4 Å². The second-order valence-electron chi connectivity index (χ2n) is 6.12. The average molecular weight is 323 g/mol. The number of hydrogen-bond donors (Lipinski definition) is 1. The molecule has 1 aromatic rings. The van der Waals surface area contributed by atoms with Crippen molar-refractivity contribution < 1.29 is 0 Å². The molecule has 2 fully saturated rings. The van der Waals surface area contributed by atoms with Gasteiger partial charge >= 0.3 is 0 Å². The zero-order chi connectivity index (χ0) is 13.3. The second-order valence-corrected chi connectivity index (χ2v) is 6.98. The molecule has 0 radical (unpaired) electrons. The second kappa shape index (κ2) is 5.45. The van der Waals surface area contributed by atoms with Crippen molar-refractivity contribution in [2.75, 3.05) is 24.5 Å². The molecule has 1 aromatic carbocycles. The lowest BCUT2D eigenvalue weighted by Crippen LogP contribution is -2.61. The van der Waals surface area contributed by atoms with E-state index in [-0.39, 0.29) is 0 Å². The predicted molar refractivity (Wildman–Crippen MR) is 84.9 cm³/mol. The summed E-state index contributed by atoms with van der Waals surface area (Å²) in [5.74, 6) is 0. The van der Waals surface area contributed by atoms with Crippen LogP contribution in [0.25, 0.3) is 0 Å². The number of anilines is 1. The van der Waals surface area contributed by atoms with E-state index in [2.05, 4.69) is 51.3 Å². The van der Waals surface area contributed by atoms with Gasteiger partial charge in [-0.1, -0.05) is 35.2 Å². The van der Waals surface area contributed by atoms with Gasteiger partial charge in [0.05, 0.1) is 0 Å². The van der Waals surface area contributed by atoms with Crippen molar-refractivity contribution in [2.45, 2.75) is 44.6 Å². The number of hydrogen-bond acceptors (Lipinski definition) is 2. The third-order valence-electron chi connectivity index (χ3n) is 4.69. The highest BCUT2D eigenvalue weighted by Gasteiger charge is 2.36. The molecule has 1 aliphatic heterocycles. The van der Waals surface area contributed by atoms with Gasteiger partial charge in [-0.15, -0.1) is 0 Å². The number of piperazine rings is 1. The lowest BCUT2D eigenvalue weighted by atomic mass is 9.80. The number of rotatable bonds is 1. The Morgan fingerprint density at radius 3 is 2.74 bits per heavy atom. The van der Waals surface area contributed by atoms with Gasteiger partial charge in [-0.3, -0.25) is 0 Å². The molecular weight excluding hydrogens is 300 g/mol. The van der Waals surface area contributed by atoms with Gasteiger partial charge in [-0.05, 0) is 43.5 Å². The Morgan fingerprint density at radius 1 is 1.21 bits per heavy atom. The van der Waals surface area contributed by atoms with Crippen LogP contribution in [-0.2, 0) is 0 Å². The lowest BCUT2D eigenvalue weighted by molar-refractivity contribution is 0.216. The van der Waals surface area contributed by atoms with E-state index in [1.54, 1.807) is 0 Å². The Hall–Kier alpha value is -0.540. The fourth-order valence-electron chi connectivity index (χ4n) is 3.57. The minimum absolute atomic E-state index is 0.386. The van der Waals surface area contributed by atoms with Crippen LogP contribution in [0.2, 0.25) is 0 Å². The van der Waals surface area contributed by atoms with Crippen LogP contribution < -0.4 is 10.2 Å². The van der Waals surface area contributed by atoms with Crippen molar-refractivity contribution in [1.29, 1.82) is 0 Å². The van der Waals surface area contributed by atoms with E-state index in [4.69, 9.17) is 0 Å². The SMILES string of the molecule is Cc1cc(N2CCNC3(CCCCC3)C2)ccc1Br. The smallest absolute Gasteiger partial charge is 0.0370 e. The van der Waals surface area contributed by atoms with Crippen LogP contribution >= 0.6 is 15.9 Å². The third-order valence-corrected chi connectivity index (χ3v) is 5.58. The first-order valence-corrected chi connectivity index (χ1v) is 8.24. The standard InChI is InChI=1S/C16H23BrN2/c1-13-11-14(5-6-15(13)17)19-10-9-18-16(12-19)7-3-2-4-8-16/h5-6,11,18H,2-4,7-10,12H2,1H3. The molecule has 3 rings (SSSR count). The molecule has 1 N–H and O–H groups in total. The van der Waals surface area contributed by atoms with Gasteiger partial charge in [0.25, 0.3) is 0 Å². The van der Waals surface area contributed by atoms with Crippen molar-refractivity contribution in [3.8, 4) is 0 Å². The summed E-state index contributed by atoms with van der Waals surface area (Å²) in [6.45, 7) is 5.60. The number of nitrogens with zero attached hydrogens (tertiary/aromatic N) is 1. The van der Waals surface area contributed by atoms with Gasteiger partial charge in [0, 0.05) is 35.3 Å². The number of nitrogens with one attached hydrogen (secondary N) is 1. The van der Waals surface area contributed by atoms with Crippen molar-refractivity contribution in [2.24, 2.45) is 0 Å². The van der Waals surface area contributed by atoms with Gasteiger partial charge in [0.1, 0.15) is 0 Å². The van der Waals surface area contributed by atoms with Crippen molar-refractivity contribution in [1.82, 2.24) is 5.32 Å². The Balaban J connectivity index is 1.78. The van der Waals surface area contributed by atoms with Crippen molar-refractivity contribution in [3.63, 3.8) is 0 Å². The van der Waals surface area contributed by atoms with Crippen LogP contribution in [0, 0.1) is 6.92 Å². The summed E-state index contributed by atoms with van der Waals surface area (Å²) < 4.78 is 1.21. The minimum Gasteiger partial charge on any atom is -0.368 e. The topological polar surface area (TPSA) is 15.3 Å². The first-order valence-electron chi connectivity index (χ1n) is 7.45. The Bertz CT molecular complexity index is 447. The molecular formula is C16H23BrN2. The maximum Gasteiger partial charge on any atom is 0.0370 e. The molecule has 0 unspecified atom stereocenters. The van der Waals surface area contributed by atoms with Gasteiger partial charge in [0.15, 0.2) is 0 Å². The summed E-state index contributed by atoms with van der Waals surface area (Å²) in [5, 5.41) is 3.81. The summed E-state index contributed by atoms with van der Waals surface area (Å²) in [6.07, 6.45) is 6.89. The van der Waals surface area contributed by atoms with Crippen LogP contribution in [0.5, 0.6) is 0 Å². The van der Waals surface area contributed by atoms with E-state index < -0.39 is 0 Å². The molecule has 19 heavy (non-hydrogen) atoms. The molecule has 1 saturated carbocycles. The van der Waals surface area contributed by atoms with Crippen LogP contribution in [0.1, 0.15) is 37.7 Å². The van der Waals surface area contributed by atoms with E-state index in [0.29, 0.717) is 5.54 Å². The fraction of sp³-hybridized carbons (Fsp3) is 0.625. The fourth-order valence-corrected chi connectivity index (χ4v) is 3.81. The largest absolute Gasteiger partial charge is 0.368 e. The molecule has 104 valence electrons. The summed E-state index contributed by atoms with van der Waals surface area (Å²) in [7, 11) is 0. The lowest BCUT2D eigenvalue weighted by Gasteiger charge is -2.47. The molecule has 2 aliphatic rings. The minimum atomic E-state index is 0.386. The van der Waals surface area contributed by atoms with E-state index in [0.717, 1.165) is 13.1 Å². The van der Waals surface area contributed by atoms with Gasteiger partial charge < -0.3 is 10.2 Å². The zero-order valence-corrected chi connectivity index (χ0v) is 13.3. The maximum atomic E-state index is 3.81. The molecule has 0 atom stereocenters. The molecule has 0 bridgehead atoms. The highest BCUT2D eigenvalue weighted by molar-refractivity contribution is 9.10. The molecule has 0 aromatic heterocycles. The van der Waals surface area contributed by atoms with Crippen molar-refractivity contribution >= 4 is 21.6 Å². The molecule has 3 heteroatoms. The third kappa shape index (κ3) is 2.82. The number of aryl methyl sites for hydroxylation is 1. The highest BCUT2D eigenvalue weighted by Crippen LogP contribution is 2.33. The molecule has 0 amide bonds. The molecule has 1 heterocycles. The molecule has 1 saturated heterocycles. The Labute approximate surface area is 124 Å². The quantitative estimate of drug-likeness (QED) is 0.844. The number of halogens is 1. The normalized spacial score (nSPS) is 22.7. The van der Waals surface area contributed by atoms with E-state index in [1.807, 2.05) is 0 Å². The first kappa shape index (κ1) is 13.4. The van der Waals surface area contributed by atoms with E-state index in [9.17, 15) is 0 Å². The van der Waals surface area contributed by atoms with Gasteiger partial charge in [-0.2, -0.15) is 0 Å². The van der Waals surface area contributed by atoms with Crippen LogP contribution in [0.4, 0.5) is 5.69 Å². The maximum absolute atomic E-state index is 3.81. The Morgan fingerprint density at radius 2 is 2.00 bits per heavy atom. The zero-order valence-electron chi connectivity index (χ0n) is 11.7. The summed E-state index contributed by atoms with van der Waals surface area (Å²) in [5.41, 5.74) is 3.10. The van der Waals surface area contributed by atoms with Crippen molar-refractivity contribution in [3.05, 3.63) is 28.2 Å².